The third kappa shape index (κ3) is 3.84. The summed E-state index contributed by atoms with van der Waals surface area (Å²) in [6, 6.07) is 1.93. The molecule has 2 amide bonds. The van der Waals surface area contributed by atoms with E-state index in [1.54, 1.807) is 12.1 Å². The van der Waals surface area contributed by atoms with E-state index < -0.39 is 18.0 Å². The second-order valence-corrected chi connectivity index (χ2v) is 5.79. The molecule has 1 aliphatic heterocycles. The lowest BCUT2D eigenvalue weighted by atomic mass is 9.93. The predicted molar refractivity (Wildman–Crippen MR) is 94.2 cm³/mol. The van der Waals surface area contributed by atoms with Crippen molar-refractivity contribution in [3.05, 3.63) is 29.0 Å². The molecule has 8 heteroatoms. The maximum atomic E-state index is 12.4. The van der Waals surface area contributed by atoms with Crippen molar-refractivity contribution in [1.29, 1.82) is 0 Å². The number of allylic oxidation sites excluding steroid dienone is 1. The Bertz CT molecular complexity index is 703. The molecule has 1 heterocycles. The summed E-state index contributed by atoms with van der Waals surface area (Å²) < 4.78 is 15.3. The molecule has 1 aromatic carbocycles. The van der Waals surface area contributed by atoms with E-state index in [2.05, 4.69) is 10.6 Å². The molecule has 1 aromatic rings. The number of amides is 2. The van der Waals surface area contributed by atoms with Crippen molar-refractivity contribution in [2.45, 2.75) is 32.2 Å². The minimum atomic E-state index is -0.758. The third-order valence-corrected chi connectivity index (χ3v) is 4.17. The van der Waals surface area contributed by atoms with E-state index in [9.17, 15) is 14.7 Å². The van der Waals surface area contributed by atoms with Crippen molar-refractivity contribution in [3.63, 3.8) is 0 Å². The Morgan fingerprint density at radius 2 is 1.81 bits per heavy atom. The molecule has 0 bridgehead atoms. The molecule has 2 rings (SSSR count). The van der Waals surface area contributed by atoms with Crippen LogP contribution in [-0.4, -0.2) is 38.4 Å². The molecule has 1 unspecified atom stereocenters. The first kappa shape index (κ1) is 19.4. The molecule has 8 nitrogen and oxygen atoms in total. The van der Waals surface area contributed by atoms with Crippen LogP contribution < -0.4 is 20.1 Å². The lowest BCUT2D eigenvalue weighted by Crippen LogP contribution is -2.45. The molecule has 0 radical (unpaired) electrons. The first-order valence-corrected chi connectivity index (χ1v) is 8.30. The lowest BCUT2D eigenvalue weighted by molar-refractivity contribution is -0.136. The number of phenolic OH excluding ortho intramolecular Hbond substituents is 1. The summed E-state index contributed by atoms with van der Waals surface area (Å²) in [6.07, 6.45) is 2.26. The normalized spacial score (nSPS) is 16.6. The number of benzene rings is 1. The van der Waals surface area contributed by atoms with E-state index in [4.69, 9.17) is 14.2 Å². The summed E-state index contributed by atoms with van der Waals surface area (Å²) in [5, 5.41) is 15.5. The van der Waals surface area contributed by atoms with Crippen LogP contribution in [-0.2, 0) is 9.53 Å². The number of unbranched alkanes of at least 4 members (excludes halogenated alkanes) is 1. The lowest BCUT2D eigenvalue weighted by Gasteiger charge is -2.29. The smallest absolute Gasteiger partial charge is 0.337 e. The zero-order chi connectivity index (χ0) is 19.3. The van der Waals surface area contributed by atoms with Crippen LogP contribution in [0.5, 0.6) is 17.2 Å². The zero-order valence-electron chi connectivity index (χ0n) is 15.3. The number of carbonyl (C=O) groups excluding carboxylic acids is 2. The Kier molecular flexibility index (Phi) is 6.32. The first-order chi connectivity index (χ1) is 12.5. The number of carbonyl (C=O) groups is 2. The quantitative estimate of drug-likeness (QED) is 0.642. The van der Waals surface area contributed by atoms with Crippen molar-refractivity contribution >= 4 is 12.0 Å². The Morgan fingerprint density at radius 1 is 1.19 bits per heavy atom. The number of aromatic hydroxyl groups is 1. The van der Waals surface area contributed by atoms with Gasteiger partial charge in [0.05, 0.1) is 32.9 Å². The molecule has 0 aromatic heterocycles. The van der Waals surface area contributed by atoms with Crippen LogP contribution in [0.4, 0.5) is 4.79 Å². The highest BCUT2D eigenvalue weighted by atomic mass is 16.5. The molecule has 0 aliphatic carbocycles. The number of urea groups is 1. The third-order valence-electron chi connectivity index (χ3n) is 4.17. The zero-order valence-corrected chi connectivity index (χ0v) is 15.3. The fourth-order valence-electron chi connectivity index (χ4n) is 2.85. The molecule has 0 spiro atoms. The van der Waals surface area contributed by atoms with Gasteiger partial charge in [-0.3, -0.25) is 0 Å². The average molecular weight is 364 g/mol. The molecule has 0 saturated heterocycles. The predicted octanol–water partition coefficient (Wildman–Crippen LogP) is 2.38. The molecular formula is C18H24N2O6. The Balaban J connectivity index is 2.60. The molecule has 142 valence electrons. The van der Waals surface area contributed by atoms with E-state index in [0.29, 0.717) is 23.3 Å². The monoisotopic (exact) mass is 364 g/mol. The van der Waals surface area contributed by atoms with Crippen LogP contribution in [0, 0.1) is 0 Å². The van der Waals surface area contributed by atoms with E-state index >= 15 is 0 Å². The summed E-state index contributed by atoms with van der Waals surface area (Å²) in [5.41, 5.74) is 1.37. The maximum absolute atomic E-state index is 12.4. The van der Waals surface area contributed by atoms with Crippen LogP contribution in [0.25, 0.3) is 0 Å². The van der Waals surface area contributed by atoms with E-state index in [1.807, 2.05) is 6.92 Å². The minimum Gasteiger partial charge on any atom is -0.502 e. The fraction of sp³-hybridized carbons (Fsp3) is 0.444. The van der Waals surface area contributed by atoms with E-state index in [-0.39, 0.29) is 17.2 Å². The summed E-state index contributed by atoms with van der Waals surface area (Å²) in [5.74, 6) is -0.355. The van der Waals surface area contributed by atoms with E-state index in [0.717, 1.165) is 12.8 Å². The van der Waals surface area contributed by atoms with Crippen molar-refractivity contribution in [1.82, 2.24) is 10.6 Å². The van der Waals surface area contributed by atoms with Gasteiger partial charge in [-0.25, -0.2) is 9.59 Å². The van der Waals surface area contributed by atoms with Crippen molar-refractivity contribution in [2.24, 2.45) is 0 Å². The van der Waals surface area contributed by atoms with Crippen LogP contribution in [0.2, 0.25) is 0 Å². The number of methoxy groups -OCH3 is 3. The molecule has 3 N–H and O–H groups in total. The number of hydrogen-bond acceptors (Lipinski definition) is 6. The summed E-state index contributed by atoms with van der Waals surface area (Å²) >= 11 is 0. The topological polar surface area (TPSA) is 106 Å². The number of nitrogens with one attached hydrogen (secondary N) is 2. The molecule has 0 fully saturated rings. The second kappa shape index (κ2) is 8.46. The molecule has 0 saturated carbocycles. The van der Waals surface area contributed by atoms with Crippen molar-refractivity contribution < 1.29 is 28.9 Å². The van der Waals surface area contributed by atoms with Gasteiger partial charge in [0.2, 0.25) is 5.75 Å². The van der Waals surface area contributed by atoms with E-state index in [1.165, 1.54) is 21.3 Å². The van der Waals surface area contributed by atoms with Crippen molar-refractivity contribution in [3.8, 4) is 17.2 Å². The second-order valence-electron chi connectivity index (χ2n) is 5.79. The standard InChI is InChI=1S/C18H24N2O6/c1-5-6-7-11-14(17(22)26-4)15(20-18(23)19-11)10-8-12(24-2)16(21)13(9-10)25-3/h8-9,15,21H,5-7H2,1-4H3,(H2,19,20,23). The number of esters is 1. The van der Waals surface area contributed by atoms with Gasteiger partial charge in [-0.15, -0.1) is 0 Å². The maximum Gasteiger partial charge on any atom is 0.337 e. The van der Waals surface area contributed by atoms with Gasteiger partial charge in [0.15, 0.2) is 11.5 Å². The summed E-state index contributed by atoms with van der Waals surface area (Å²) in [6.45, 7) is 2.02. The number of ether oxygens (including phenoxy) is 3. The Hall–Kier alpha value is -2.90. The SMILES string of the molecule is CCCCC1=C(C(=O)OC)C(c2cc(OC)c(O)c(OC)c2)NC(=O)N1. The summed E-state index contributed by atoms with van der Waals surface area (Å²) in [4.78, 5) is 24.6. The van der Waals surface area contributed by atoms with Crippen LogP contribution in [0.15, 0.2) is 23.4 Å². The van der Waals surface area contributed by atoms with Gasteiger partial charge in [-0.1, -0.05) is 13.3 Å². The molecule has 1 atom stereocenters. The van der Waals surface area contributed by atoms with Crippen LogP contribution in [0.3, 0.4) is 0 Å². The molecular weight excluding hydrogens is 340 g/mol. The Labute approximate surface area is 152 Å². The van der Waals surface area contributed by atoms with Gasteiger partial charge in [0.1, 0.15) is 0 Å². The first-order valence-electron chi connectivity index (χ1n) is 8.30. The molecule has 26 heavy (non-hydrogen) atoms. The minimum absolute atomic E-state index is 0.159. The van der Waals surface area contributed by atoms with Crippen LogP contribution in [0.1, 0.15) is 37.8 Å². The number of phenols is 1. The Morgan fingerprint density at radius 3 is 2.31 bits per heavy atom. The fourth-order valence-corrected chi connectivity index (χ4v) is 2.85. The number of rotatable bonds is 7. The van der Waals surface area contributed by atoms with Crippen LogP contribution >= 0.6 is 0 Å². The highest BCUT2D eigenvalue weighted by Gasteiger charge is 2.34. The largest absolute Gasteiger partial charge is 0.502 e. The van der Waals surface area contributed by atoms with Gasteiger partial charge < -0.3 is 30.0 Å². The highest BCUT2D eigenvalue weighted by Crippen LogP contribution is 2.41. The molecule has 1 aliphatic rings. The highest BCUT2D eigenvalue weighted by molar-refractivity contribution is 5.95. The van der Waals surface area contributed by atoms with Gasteiger partial charge in [-0.2, -0.15) is 0 Å². The van der Waals surface area contributed by atoms with Gasteiger partial charge in [0.25, 0.3) is 0 Å². The van der Waals surface area contributed by atoms with Gasteiger partial charge in [0, 0.05) is 5.70 Å². The summed E-state index contributed by atoms with van der Waals surface area (Å²) in [7, 11) is 4.10. The van der Waals surface area contributed by atoms with Crippen molar-refractivity contribution in [2.75, 3.05) is 21.3 Å². The number of hydrogen-bond donors (Lipinski definition) is 3. The van der Waals surface area contributed by atoms with Gasteiger partial charge in [-0.05, 0) is 30.5 Å². The van der Waals surface area contributed by atoms with Gasteiger partial charge >= 0.3 is 12.0 Å². The average Bonchev–Trinajstić information content (AvgIpc) is 2.65.